The standard InChI is InChI=1S/C19H16Cl2N4O2/c20-17-9-14(10-18(21)24-17)12-27-25-19(26)15-3-1-2-4-16(15)23-11-13-5-7-22-8-6-13/h1-10,23H,11-12H2,(H,25,26). The molecule has 2 aromatic heterocycles. The van der Waals surface area contributed by atoms with E-state index in [1.807, 2.05) is 24.3 Å². The van der Waals surface area contributed by atoms with Gasteiger partial charge in [0.05, 0.1) is 12.2 Å². The molecule has 138 valence electrons. The lowest BCUT2D eigenvalue weighted by Crippen LogP contribution is -2.24. The van der Waals surface area contributed by atoms with Crippen LogP contribution in [0.25, 0.3) is 0 Å². The van der Waals surface area contributed by atoms with Crippen molar-refractivity contribution in [2.75, 3.05) is 5.32 Å². The highest BCUT2D eigenvalue weighted by molar-refractivity contribution is 6.32. The molecule has 3 aromatic rings. The first-order valence-corrected chi connectivity index (χ1v) is 8.83. The van der Waals surface area contributed by atoms with E-state index in [9.17, 15) is 4.79 Å². The Labute approximate surface area is 166 Å². The molecule has 0 saturated carbocycles. The fourth-order valence-electron chi connectivity index (χ4n) is 2.37. The van der Waals surface area contributed by atoms with Gasteiger partial charge >= 0.3 is 0 Å². The Morgan fingerprint density at radius 3 is 2.44 bits per heavy atom. The highest BCUT2D eigenvalue weighted by Crippen LogP contribution is 2.17. The van der Waals surface area contributed by atoms with Crippen LogP contribution >= 0.6 is 23.2 Å². The Bertz CT molecular complexity index is 902. The first kappa shape index (κ1) is 19.1. The second-order valence-corrected chi connectivity index (χ2v) is 6.37. The highest BCUT2D eigenvalue weighted by atomic mass is 35.5. The maximum absolute atomic E-state index is 12.5. The number of nitrogens with zero attached hydrogens (tertiary/aromatic N) is 2. The number of hydrogen-bond donors (Lipinski definition) is 2. The molecule has 0 fully saturated rings. The van der Waals surface area contributed by atoms with Gasteiger partial charge in [0.1, 0.15) is 10.3 Å². The molecule has 3 rings (SSSR count). The number of amides is 1. The van der Waals surface area contributed by atoms with Gasteiger partial charge in [0.15, 0.2) is 0 Å². The molecule has 0 unspecified atom stereocenters. The molecular weight excluding hydrogens is 387 g/mol. The van der Waals surface area contributed by atoms with Crippen LogP contribution in [-0.4, -0.2) is 15.9 Å². The van der Waals surface area contributed by atoms with E-state index in [0.29, 0.717) is 23.4 Å². The van der Waals surface area contributed by atoms with E-state index in [1.54, 1.807) is 36.7 Å². The first-order valence-electron chi connectivity index (χ1n) is 8.08. The van der Waals surface area contributed by atoms with Crippen molar-refractivity contribution in [1.29, 1.82) is 0 Å². The van der Waals surface area contributed by atoms with Gasteiger partial charge in [-0.15, -0.1) is 0 Å². The van der Waals surface area contributed by atoms with Crippen molar-refractivity contribution in [1.82, 2.24) is 15.4 Å². The molecule has 0 aliphatic rings. The molecule has 0 spiro atoms. The van der Waals surface area contributed by atoms with Gasteiger partial charge in [0.2, 0.25) is 0 Å². The third-order valence-electron chi connectivity index (χ3n) is 3.63. The molecule has 6 nitrogen and oxygen atoms in total. The van der Waals surface area contributed by atoms with Gasteiger partial charge < -0.3 is 5.32 Å². The number of anilines is 1. The lowest BCUT2D eigenvalue weighted by atomic mass is 10.1. The average Bonchev–Trinajstić information content (AvgIpc) is 2.66. The van der Waals surface area contributed by atoms with E-state index < -0.39 is 0 Å². The zero-order valence-electron chi connectivity index (χ0n) is 14.2. The Morgan fingerprint density at radius 2 is 1.70 bits per heavy atom. The van der Waals surface area contributed by atoms with Crippen molar-refractivity contribution in [2.45, 2.75) is 13.2 Å². The summed E-state index contributed by atoms with van der Waals surface area (Å²) < 4.78 is 0. The third kappa shape index (κ3) is 5.65. The van der Waals surface area contributed by atoms with Crippen molar-refractivity contribution >= 4 is 34.8 Å². The predicted molar refractivity (Wildman–Crippen MR) is 105 cm³/mol. The average molecular weight is 403 g/mol. The second-order valence-electron chi connectivity index (χ2n) is 5.60. The molecule has 0 atom stereocenters. The Morgan fingerprint density at radius 1 is 1.00 bits per heavy atom. The molecule has 0 saturated heterocycles. The van der Waals surface area contributed by atoms with Gasteiger partial charge in [0, 0.05) is 24.6 Å². The van der Waals surface area contributed by atoms with Crippen LogP contribution in [0.3, 0.4) is 0 Å². The van der Waals surface area contributed by atoms with E-state index in [2.05, 4.69) is 20.8 Å². The number of halogens is 2. The van der Waals surface area contributed by atoms with Crippen molar-refractivity contribution in [3.8, 4) is 0 Å². The summed E-state index contributed by atoms with van der Waals surface area (Å²) in [5.74, 6) is -0.362. The molecule has 0 aliphatic carbocycles. The molecule has 1 aromatic carbocycles. The van der Waals surface area contributed by atoms with Crippen LogP contribution in [-0.2, 0) is 18.0 Å². The SMILES string of the molecule is O=C(NOCc1cc(Cl)nc(Cl)c1)c1ccccc1NCc1ccncc1. The molecule has 0 bridgehead atoms. The number of hydroxylamine groups is 1. The molecular formula is C19H16Cl2N4O2. The molecule has 27 heavy (non-hydrogen) atoms. The summed E-state index contributed by atoms with van der Waals surface area (Å²) in [6, 6.07) is 14.2. The van der Waals surface area contributed by atoms with Gasteiger partial charge in [-0.1, -0.05) is 35.3 Å². The highest BCUT2D eigenvalue weighted by Gasteiger charge is 2.11. The number of para-hydroxylation sites is 1. The van der Waals surface area contributed by atoms with Gasteiger partial charge in [0.25, 0.3) is 5.91 Å². The van der Waals surface area contributed by atoms with E-state index >= 15 is 0 Å². The Balaban J connectivity index is 1.59. The van der Waals surface area contributed by atoms with Crippen LogP contribution < -0.4 is 10.8 Å². The summed E-state index contributed by atoms with van der Waals surface area (Å²) in [5.41, 5.74) is 5.36. The van der Waals surface area contributed by atoms with Crippen LogP contribution in [0, 0.1) is 0 Å². The largest absolute Gasteiger partial charge is 0.380 e. The fraction of sp³-hybridized carbons (Fsp3) is 0.105. The third-order valence-corrected chi connectivity index (χ3v) is 4.02. The number of carbonyl (C=O) groups is 1. The van der Waals surface area contributed by atoms with E-state index in [-0.39, 0.29) is 22.8 Å². The number of nitrogens with one attached hydrogen (secondary N) is 2. The van der Waals surface area contributed by atoms with Crippen LogP contribution in [0.2, 0.25) is 10.3 Å². The fourth-order valence-corrected chi connectivity index (χ4v) is 2.88. The van der Waals surface area contributed by atoms with E-state index in [0.717, 1.165) is 5.56 Å². The summed E-state index contributed by atoms with van der Waals surface area (Å²) in [7, 11) is 0. The summed E-state index contributed by atoms with van der Waals surface area (Å²) in [6.07, 6.45) is 3.45. The minimum absolute atomic E-state index is 0.111. The summed E-state index contributed by atoms with van der Waals surface area (Å²) in [5, 5.41) is 3.77. The van der Waals surface area contributed by atoms with Gasteiger partial charge in [-0.3, -0.25) is 14.6 Å². The summed E-state index contributed by atoms with van der Waals surface area (Å²) in [6.45, 7) is 0.683. The monoisotopic (exact) mass is 402 g/mol. The molecule has 1 amide bonds. The minimum Gasteiger partial charge on any atom is -0.380 e. The minimum atomic E-state index is -0.362. The zero-order valence-corrected chi connectivity index (χ0v) is 15.7. The molecule has 0 radical (unpaired) electrons. The number of pyridine rings is 2. The van der Waals surface area contributed by atoms with Crippen LogP contribution in [0.5, 0.6) is 0 Å². The molecule has 2 heterocycles. The first-order chi connectivity index (χ1) is 13.1. The van der Waals surface area contributed by atoms with Crippen molar-refractivity contribution in [3.05, 3.63) is 87.9 Å². The normalized spacial score (nSPS) is 10.4. The van der Waals surface area contributed by atoms with Gasteiger partial charge in [-0.2, -0.15) is 0 Å². The van der Waals surface area contributed by atoms with E-state index in [1.165, 1.54) is 0 Å². The number of carbonyl (C=O) groups excluding carboxylic acids is 1. The van der Waals surface area contributed by atoms with Gasteiger partial charge in [-0.05, 0) is 47.5 Å². The van der Waals surface area contributed by atoms with Crippen molar-refractivity contribution in [2.24, 2.45) is 0 Å². The van der Waals surface area contributed by atoms with Crippen LogP contribution in [0.15, 0.2) is 60.9 Å². The Hall–Kier alpha value is -2.67. The smallest absolute Gasteiger partial charge is 0.276 e. The number of benzene rings is 1. The zero-order chi connectivity index (χ0) is 19.1. The quantitative estimate of drug-likeness (QED) is 0.456. The number of aromatic nitrogens is 2. The Kier molecular flexibility index (Phi) is 6.59. The van der Waals surface area contributed by atoms with Crippen molar-refractivity contribution in [3.63, 3.8) is 0 Å². The number of rotatable bonds is 7. The van der Waals surface area contributed by atoms with Gasteiger partial charge in [-0.25, -0.2) is 10.5 Å². The summed E-state index contributed by atoms with van der Waals surface area (Å²) >= 11 is 11.7. The second kappa shape index (κ2) is 9.32. The molecule has 2 N–H and O–H groups in total. The summed E-state index contributed by atoms with van der Waals surface area (Å²) in [4.78, 5) is 25.6. The lowest BCUT2D eigenvalue weighted by molar-refractivity contribution is 0.0234. The van der Waals surface area contributed by atoms with Crippen LogP contribution in [0.4, 0.5) is 5.69 Å². The van der Waals surface area contributed by atoms with E-state index in [4.69, 9.17) is 28.0 Å². The molecule has 0 aliphatic heterocycles. The predicted octanol–water partition coefficient (Wildman–Crippen LogP) is 4.26. The maximum Gasteiger partial charge on any atom is 0.276 e. The number of hydrogen-bond acceptors (Lipinski definition) is 5. The van der Waals surface area contributed by atoms with Crippen molar-refractivity contribution < 1.29 is 9.63 Å². The topological polar surface area (TPSA) is 76.1 Å². The lowest BCUT2D eigenvalue weighted by Gasteiger charge is -2.12. The molecule has 8 heteroatoms. The maximum atomic E-state index is 12.5. The van der Waals surface area contributed by atoms with Crippen LogP contribution in [0.1, 0.15) is 21.5 Å².